The van der Waals surface area contributed by atoms with Gasteiger partial charge in [-0.2, -0.15) is 0 Å². The molecule has 5 nitrogen and oxygen atoms in total. The summed E-state index contributed by atoms with van der Waals surface area (Å²) in [4.78, 5) is 4.58. The Hall–Kier alpha value is -2.63. The van der Waals surface area contributed by atoms with Crippen LogP contribution in [0.3, 0.4) is 0 Å². The van der Waals surface area contributed by atoms with E-state index in [0.717, 1.165) is 42.2 Å². The van der Waals surface area contributed by atoms with Crippen molar-refractivity contribution in [3.63, 3.8) is 0 Å². The molecule has 1 atom stereocenters. The summed E-state index contributed by atoms with van der Waals surface area (Å²) < 4.78 is 17.0. The van der Waals surface area contributed by atoms with Gasteiger partial charge in [-0.3, -0.25) is 5.32 Å². The number of aromatic nitrogens is 1. The zero-order valence-electron chi connectivity index (χ0n) is 15.5. The number of nitrogens with zero attached hydrogens (tertiary/aromatic N) is 1. The van der Waals surface area contributed by atoms with E-state index >= 15 is 0 Å². The van der Waals surface area contributed by atoms with Crippen molar-refractivity contribution in [1.82, 2.24) is 10.3 Å². The van der Waals surface area contributed by atoms with Crippen molar-refractivity contribution < 1.29 is 13.9 Å². The summed E-state index contributed by atoms with van der Waals surface area (Å²) in [5, 5.41) is 3.33. The quantitative estimate of drug-likeness (QED) is 0.684. The highest BCUT2D eigenvalue weighted by Crippen LogP contribution is 2.23. The highest BCUT2D eigenvalue weighted by atomic mass is 16.5. The average molecular weight is 364 g/mol. The Morgan fingerprint density at radius 2 is 1.93 bits per heavy atom. The first-order valence-electron chi connectivity index (χ1n) is 9.32. The van der Waals surface area contributed by atoms with Gasteiger partial charge >= 0.3 is 0 Å². The van der Waals surface area contributed by atoms with E-state index in [4.69, 9.17) is 13.9 Å². The lowest BCUT2D eigenvalue weighted by atomic mass is 10.1. The van der Waals surface area contributed by atoms with E-state index in [-0.39, 0.29) is 0 Å². The van der Waals surface area contributed by atoms with E-state index in [1.54, 1.807) is 0 Å². The molecule has 0 aliphatic carbocycles. The SMILES string of the molecule is Cc1oc(-c2ccccc2)nc1COc1ccc(CCC2COCN2)cc1. The van der Waals surface area contributed by atoms with Crippen LogP contribution in [0.2, 0.25) is 0 Å². The molecular weight excluding hydrogens is 340 g/mol. The lowest BCUT2D eigenvalue weighted by molar-refractivity contribution is 0.189. The topological polar surface area (TPSA) is 56.5 Å². The van der Waals surface area contributed by atoms with Gasteiger partial charge in [-0.25, -0.2) is 4.98 Å². The first-order valence-corrected chi connectivity index (χ1v) is 9.32. The number of benzene rings is 2. The molecule has 0 radical (unpaired) electrons. The van der Waals surface area contributed by atoms with Gasteiger partial charge in [-0.05, 0) is 49.6 Å². The fourth-order valence-corrected chi connectivity index (χ4v) is 3.13. The molecule has 1 fully saturated rings. The van der Waals surface area contributed by atoms with Crippen LogP contribution in [-0.2, 0) is 17.8 Å². The first-order chi connectivity index (χ1) is 13.3. The molecule has 1 unspecified atom stereocenters. The monoisotopic (exact) mass is 364 g/mol. The Morgan fingerprint density at radius 1 is 1.11 bits per heavy atom. The summed E-state index contributed by atoms with van der Waals surface area (Å²) in [6, 6.07) is 18.6. The second kappa shape index (κ2) is 8.37. The molecule has 5 heteroatoms. The van der Waals surface area contributed by atoms with Crippen LogP contribution in [-0.4, -0.2) is 24.4 Å². The van der Waals surface area contributed by atoms with Crippen LogP contribution in [0.15, 0.2) is 59.0 Å². The fraction of sp³-hybridized carbons (Fsp3) is 0.318. The van der Waals surface area contributed by atoms with Crippen molar-refractivity contribution in [2.45, 2.75) is 32.4 Å². The Labute approximate surface area is 159 Å². The summed E-state index contributed by atoms with van der Waals surface area (Å²) in [5.41, 5.74) is 3.10. The van der Waals surface area contributed by atoms with Crippen molar-refractivity contribution in [3.8, 4) is 17.2 Å². The molecule has 3 aromatic rings. The predicted octanol–water partition coefficient (Wildman–Crippen LogP) is 4.11. The fourth-order valence-electron chi connectivity index (χ4n) is 3.13. The van der Waals surface area contributed by atoms with Gasteiger partial charge in [0.1, 0.15) is 23.8 Å². The summed E-state index contributed by atoms with van der Waals surface area (Å²) in [6.07, 6.45) is 2.12. The van der Waals surface area contributed by atoms with Crippen LogP contribution in [0.1, 0.15) is 23.4 Å². The van der Waals surface area contributed by atoms with Crippen LogP contribution < -0.4 is 10.1 Å². The Balaban J connectivity index is 1.32. The van der Waals surface area contributed by atoms with Crippen LogP contribution in [0.5, 0.6) is 5.75 Å². The third-order valence-electron chi connectivity index (χ3n) is 4.79. The lowest BCUT2D eigenvalue weighted by Crippen LogP contribution is -2.23. The number of hydrogen-bond acceptors (Lipinski definition) is 5. The highest BCUT2D eigenvalue weighted by molar-refractivity contribution is 5.53. The molecule has 140 valence electrons. The normalized spacial score (nSPS) is 16.6. The molecule has 1 aromatic heterocycles. The second-order valence-corrected chi connectivity index (χ2v) is 6.78. The summed E-state index contributed by atoms with van der Waals surface area (Å²) in [6.45, 7) is 3.79. The van der Waals surface area contributed by atoms with Gasteiger partial charge in [0.15, 0.2) is 0 Å². The molecule has 0 bridgehead atoms. The minimum atomic E-state index is 0.394. The minimum absolute atomic E-state index is 0.394. The van der Waals surface area contributed by atoms with Crippen molar-refractivity contribution in [3.05, 3.63) is 71.6 Å². The zero-order valence-corrected chi connectivity index (χ0v) is 15.5. The van der Waals surface area contributed by atoms with E-state index in [2.05, 4.69) is 22.4 Å². The molecule has 27 heavy (non-hydrogen) atoms. The smallest absolute Gasteiger partial charge is 0.226 e. The van der Waals surface area contributed by atoms with Gasteiger partial charge in [0.25, 0.3) is 0 Å². The molecule has 0 amide bonds. The molecule has 2 aromatic carbocycles. The lowest BCUT2D eigenvalue weighted by Gasteiger charge is -2.09. The Kier molecular flexibility index (Phi) is 5.51. The molecule has 1 aliphatic heterocycles. The maximum atomic E-state index is 5.90. The molecule has 4 rings (SSSR count). The number of oxazole rings is 1. The van der Waals surface area contributed by atoms with Crippen LogP contribution >= 0.6 is 0 Å². The number of rotatable bonds is 7. The van der Waals surface area contributed by atoms with E-state index in [0.29, 0.717) is 25.3 Å². The molecule has 0 spiro atoms. The van der Waals surface area contributed by atoms with E-state index in [9.17, 15) is 0 Å². The molecule has 1 saturated heterocycles. The van der Waals surface area contributed by atoms with Gasteiger partial charge in [-0.15, -0.1) is 0 Å². The van der Waals surface area contributed by atoms with Crippen LogP contribution in [0.25, 0.3) is 11.5 Å². The summed E-state index contributed by atoms with van der Waals surface area (Å²) >= 11 is 0. The van der Waals surface area contributed by atoms with Gasteiger partial charge < -0.3 is 13.9 Å². The molecule has 1 aliphatic rings. The average Bonchev–Trinajstić information content (AvgIpc) is 3.36. The van der Waals surface area contributed by atoms with Gasteiger partial charge in [0.05, 0.1) is 13.3 Å². The standard InChI is InChI=1S/C22H24N2O3/c1-16-21(24-22(27-16)18-5-3-2-4-6-18)14-26-20-11-8-17(9-12-20)7-10-19-13-25-15-23-19/h2-6,8-9,11-12,19,23H,7,10,13-15H2,1H3. The third kappa shape index (κ3) is 4.56. The Bertz CT molecular complexity index is 853. The summed E-state index contributed by atoms with van der Waals surface area (Å²) in [7, 11) is 0. The maximum absolute atomic E-state index is 5.90. The maximum Gasteiger partial charge on any atom is 0.226 e. The number of hydrogen-bond donors (Lipinski definition) is 1. The van der Waals surface area contributed by atoms with Crippen molar-refractivity contribution >= 4 is 0 Å². The van der Waals surface area contributed by atoms with Crippen molar-refractivity contribution in [2.24, 2.45) is 0 Å². The summed E-state index contributed by atoms with van der Waals surface area (Å²) in [5.74, 6) is 2.26. The van der Waals surface area contributed by atoms with Gasteiger partial charge in [0, 0.05) is 11.6 Å². The zero-order chi connectivity index (χ0) is 18.5. The third-order valence-corrected chi connectivity index (χ3v) is 4.79. The van der Waals surface area contributed by atoms with E-state index < -0.39 is 0 Å². The predicted molar refractivity (Wildman–Crippen MR) is 104 cm³/mol. The van der Waals surface area contributed by atoms with E-state index in [1.165, 1.54) is 5.56 Å². The minimum Gasteiger partial charge on any atom is -0.487 e. The van der Waals surface area contributed by atoms with Gasteiger partial charge in [-0.1, -0.05) is 30.3 Å². The van der Waals surface area contributed by atoms with Gasteiger partial charge in [0.2, 0.25) is 5.89 Å². The highest BCUT2D eigenvalue weighted by Gasteiger charge is 2.14. The van der Waals surface area contributed by atoms with Crippen molar-refractivity contribution in [1.29, 1.82) is 0 Å². The molecule has 2 heterocycles. The number of ether oxygens (including phenoxy) is 2. The second-order valence-electron chi connectivity index (χ2n) is 6.78. The Morgan fingerprint density at radius 3 is 2.67 bits per heavy atom. The van der Waals surface area contributed by atoms with E-state index in [1.807, 2.05) is 49.4 Å². The molecular formula is C22H24N2O3. The number of aryl methyl sites for hydroxylation is 2. The number of nitrogens with one attached hydrogen (secondary N) is 1. The van der Waals surface area contributed by atoms with Crippen LogP contribution in [0, 0.1) is 6.92 Å². The largest absolute Gasteiger partial charge is 0.487 e. The van der Waals surface area contributed by atoms with Crippen LogP contribution in [0.4, 0.5) is 0 Å². The first kappa shape index (κ1) is 17.8. The van der Waals surface area contributed by atoms with Crippen molar-refractivity contribution in [2.75, 3.05) is 13.3 Å². The molecule has 0 saturated carbocycles. The molecule has 1 N–H and O–H groups in total.